The van der Waals surface area contributed by atoms with Gasteiger partial charge in [-0.15, -0.1) is 0 Å². The topological polar surface area (TPSA) is 21.3 Å². The average Bonchev–Trinajstić information content (AvgIpc) is 2.42. The van der Waals surface area contributed by atoms with Crippen molar-refractivity contribution in [3.63, 3.8) is 0 Å². The molecular formula is C15H13Br2F2NO. The molecule has 0 heterocycles. The third-order valence-electron chi connectivity index (χ3n) is 3.03. The molecule has 0 spiro atoms. The molecular weight excluding hydrogens is 408 g/mol. The lowest BCUT2D eigenvalue weighted by atomic mass is 10.1. The lowest BCUT2D eigenvalue weighted by Gasteiger charge is -2.14. The highest BCUT2D eigenvalue weighted by Gasteiger charge is 2.14. The van der Waals surface area contributed by atoms with Crippen LogP contribution in [0.2, 0.25) is 0 Å². The van der Waals surface area contributed by atoms with Crippen LogP contribution >= 0.6 is 31.9 Å². The highest BCUT2D eigenvalue weighted by molar-refractivity contribution is 9.11. The Morgan fingerprint density at radius 1 is 1.19 bits per heavy atom. The number of hydrogen-bond acceptors (Lipinski definition) is 2. The number of hydrogen-bond donors (Lipinski definition) is 1. The molecule has 0 aromatic heterocycles. The normalized spacial score (nSPS) is 10.6. The molecule has 0 atom stereocenters. The predicted octanol–water partition coefficient (Wildman–Crippen LogP) is 5.42. The van der Waals surface area contributed by atoms with E-state index in [0.717, 1.165) is 14.5 Å². The summed E-state index contributed by atoms with van der Waals surface area (Å²) in [5.74, 6) is -0.576. The van der Waals surface area contributed by atoms with E-state index in [1.54, 1.807) is 14.0 Å². The molecule has 0 saturated carbocycles. The monoisotopic (exact) mass is 419 g/mol. The van der Waals surface area contributed by atoms with Gasteiger partial charge in [0.1, 0.15) is 17.3 Å². The Kier molecular flexibility index (Phi) is 5.22. The van der Waals surface area contributed by atoms with Gasteiger partial charge < -0.3 is 10.1 Å². The van der Waals surface area contributed by atoms with Gasteiger partial charge >= 0.3 is 0 Å². The van der Waals surface area contributed by atoms with E-state index in [1.165, 1.54) is 12.1 Å². The standard InChI is InChI=1S/C15H13Br2F2NO/c1-8-3-4-12(18)14(13(8)19)20-7-9-5-10(16)6-11(17)15(9)21-2/h3-6,20H,7H2,1-2H3. The molecule has 0 aliphatic rings. The molecule has 2 rings (SSSR count). The van der Waals surface area contributed by atoms with E-state index in [4.69, 9.17) is 4.74 Å². The molecule has 0 aliphatic heterocycles. The smallest absolute Gasteiger partial charge is 0.152 e. The first kappa shape index (κ1) is 16.2. The molecule has 0 saturated heterocycles. The first-order chi connectivity index (χ1) is 9.93. The van der Waals surface area contributed by atoms with E-state index in [0.29, 0.717) is 11.3 Å². The van der Waals surface area contributed by atoms with Crippen LogP contribution in [0.1, 0.15) is 11.1 Å². The van der Waals surface area contributed by atoms with Crippen molar-refractivity contribution in [3.8, 4) is 5.75 Å². The van der Waals surface area contributed by atoms with Crippen LogP contribution in [0, 0.1) is 18.6 Å². The molecule has 1 N–H and O–H groups in total. The zero-order valence-corrected chi connectivity index (χ0v) is 14.6. The van der Waals surface area contributed by atoms with Crippen LogP contribution in [0.5, 0.6) is 5.75 Å². The molecule has 6 heteroatoms. The third kappa shape index (κ3) is 3.55. The Balaban J connectivity index is 2.31. The molecule has 21 heavy (non-hydrogen) atoms. The van der Waals surface area contributed by atoms with Crippen molar-refractivity contribution in [1.29, 1.82) is 0 Å². The van der Waals surface area contributed by atoms with Crippen LogP contribution in [-0.2, 0) is 6.54 Å². The van der Waals surface area contributed by atoms with Gasteiger partial charge in [0.15, 0.2) is 5.82 Å². The van der Waals surface area contributed by atoms with Crippen LogP contribution < -0.4 is 10.1 Å². The van der Waals surface area contributed by atoms with E-state index in [9.17, 15) is 8.78 Å². The second kappa shape index (κ2) is 6.75. The summed E-state index contributed by atoms with van der Waals surface area (Å²) < 4.78 is 34.6. The van der Waals surface area contributed by atoms with Crippen molar-refractivity contribution >= 4 is 37.5 Å². The number of ether oxygens (including phenoxy) is 1. The Morgan fingerprint density at radius 3 is 2.57 bits per heavy atom. The number of aryl methyl sites for hydroxylation is 1. The van der Waals surface area contributed by atoms with Gasteiger partial charge in [0, 0.05) is 16.6 Å². The van der Waals surface area contributed by atoms with Crippen LogP contribution in [0.25, 0.3) is 0 Å². The van der Waals surface area contributed by atoms with Gasteiger partial charge in [0.25, 0.3) is 0 Å². The molecule has 0 aliphatic carbocycles. The summed E-state index contributed by atoms with van der Waals surface area (Å²) in [7, 11) is 1.55. The van der Waals surface area contributed by atoms with Crippen molar-refractivity contribution in [3.05, 3.63) is 56.0 Å². The van der Waals surface area contributed by atoms with Crippen LogP contribution in [0.3, 0.4) is 0 Å². The van der Waals surface area contributed by atoms with Gasteiger partial charge in [-0.1, -0.05) is 22.0 Å². The van der Waals surface area contributed by atoms with E-state index in [1.807, 2.05) is 12.1 Å². The van der Waals surface area contributed by atoms with Crippen LogP contribution in [0.15, 0.2) is 33.2 Å². The maximum atomic E-state index is 14.0. The zero-order valence-electron chi connectivity index (χ0n) is 11.4. The van der Waals surface area contributed by atoms with Crippen molar-refractivity contribution in [2.75, 3.05) is 12.4 Å². The molecule has 2 aromatic rings. The number of rotatable bonds is 4. The number of halogens is 4. The van der Waals surface area contributed by atoms with Crippen molar-refractivity contribution in [2.24, 2.45) is 0 Å². The van der Waals surface area contributed by atoms with Gasteiger partial charge in [-0.2, -0.15) is 0 Å². The Labute approximate surface area is 138 Å². The summed E-state index contributed by atoms with van der Waals surface area (Å²) in [5, 5.41) is 2.80. The summed E-state index contributed by atoms with van der Waals surface area (Å²) in [6.07, 6.45) is 0. The average molecular weight is 421 g/mol. The fourth-order valence-electron chi connectivity index (χ4n) is 1.98. The van der Waals surface area contributed by atoms with Crippen molar-refractivity contribution in [2.45, 2.75) is 13.5 Å². The second-order valence-corrected chi connectivity index (χ2v) is 6.26. The summed E-state index contributed by atoms with van der Waals surface area (Å²) in [6.45, 7) is 1.83. The van der Waals surface area contributed by atoms with Crippen LogP contribution in [-0.4, -0.2) is 7.11 Å². The van der Waals surface area contributed by atoms with Crippen LogP contribution in [0.4, 0.5) is 14.5 Å². The van der Waals surface area contributed by atoms with Gasteiger partial charge in [-0.3, -0.25) is 0 Å². The molecule has 112 valence electrons. The van der Waals surface area contributed by atoms with Crippen molar-refractivity contribution < 1.29 is 13.5 Å². The summed E-state index contributed by atoms with van der Waals surface area (Å²) >= 11 is 6.78. The van der Waals surface area contributed by atoms with Gasteiger partial charge in [0.05, 0.1) is 11.6 Å². The second-order valence-electron chi connectivity index (χ2n) is 4.49. The third-order valence-corrected chi connectivity index (χ3v) is 4.08. The largest absolute Gasteiger partial charge is 0.495 e. The Bertz CT molecular complexity index is 677. The summed E-state index contributed by atoms with van der Waals surface area (Å²) in [6, 6.07) is 6.33. The van der Waals surface area contributed by atoms with E-state index >= 15 is 0 Å². The quantitative estimate of drug-likeness (QED) is 0.713. The molecule has 2 nitrogen and oxygen atoms in total. The summed E-state index contributed by atoms with van der Waals surface area (Å²) in [5.41, 5.74) is 1.04. The Morgan fingerprint density at radius 2 is 1.90 bits per heavy atom. The number of benzene rings is 2. The maximum absolute atomic E-state index is 14.0. The SMILES string of the molecule is COc1c(Br)cc(Br)cc1CNc1c(F)ccc(C)c1F. The fraction of sp³-hybridized carbons (Fsp3) is 0.200. The minimum absolute atomic E-state index is 0.131. The molecule has 2 aromatic carbocycles. The van der Waals surface area contributed by atoms with E-state index in [2.05, 4.69) is 37.2 Å². The molecule has 0 bridgehead atoms. The number of anilines is 1. The predicted molar refractivity (Wildman–Crippen MR) is 86.8 cm³/mol. The van der Waals surface area contributed by atoms with E-state index in [-0.39, 0.29) is 12.2 Å². The minimum Gasteiger partial charge on any atom is -0.495 e. The molecule has 0 fully saturated rings. The molecule has 0 amide bonds. The highest BCUT2D eigenvalue weighted by Crippen LogP contribution is 2.33. The fourth-order valence-corrected chi connectivity index (χ4v) is 3.45. The first-order valence-electron chi connectivity index (χ1n) is 6.14. The highest BCUT2D eigenvalue weighted by atomic mass is 79.9. The maximum Gasteiger partial charge on any atom is 0.152 e. The molecule has 0 radical (unpaired) electrons. The number of methoxy groups -OCH3 is 1. The first-order valence-corrected chi connectivity index (χ1v) is 7.73. The summed E-state index contributed by atoms with van der Waals surface area (Å²) in [4.78, 5) is 0. The zero-order chi connectivity index (χ0) is 15.6. The Hall–Kier alpha value is -1.14. The van der Waals surface area contributed by atoms with Gasteiger partial charge in [-0.05, 0) is 46.6 Å². The molecule has 0 unspecified atom stereocenters. The minimum atomic E-state index is -0.619. The number of nitrogens with one attached hydrogen (secondary N) is 1. The lowest BCUT2D eigenvalue weighted by Crippen LogP contribution is -2.06. The van der Waals surface area contributed by atoms with Crippen molar-refractivity contribution in [1.82, 2.24) is 0 Å². The van der Waals surface area contributed by atoms with E-state index < -0.39 is 11.6 Å². The van der Waals surface area contributed by atoms with Gasteiger partial charge in [-0.25, -0.2) is 8.78 Å². The van der Waals surface area contributed by atoms with Gasteiger partial charge in [0.2, 0.25) is 0 Å². The lowest BCUT2D eigenvalue weighted by molar-refractivity contribution is 0.407.